The second-order valence-corrected chi connectivity index (χ2v) is 9.51. The summed E-state index contributed by atoms with van der Waals surface area (Å²) in [6.07, 6.45) is 11.5. The van der Waals surface area contributed by atoms with Gasteiger partial charge in [0.15, 0.2) is 0 Å². The third-order valence-electron chi connectivity index (χ3n) is 8.54. The Bertz CT molecular complexity index is 591. The van der Waals surface area contributed by atoms with E-state index in [4.69, 9.17) is 5.73 Å². The van der Waals surface area contributed by atoms with Crippen LogP contribution in [-0.2, 0) is 0 Å². The number of carbonyl (C=O) groups excluding carboxylic acids is 1. The predicted molar refractivity (Wildman–Crippen MR) is 97.1 cm³/mol. The van der Waals surface area contributed by atoms with Crippen LogP contribution in [0.1, 0.15) is 65.2 Å². The maximum absolute atomic E-state index is 11.1. The molecular weight excluding hydrogens is 314 g/mol. The Balaban J connectivity index is 1.54. The van der Waals surface area contributed by atoms with Crippen LogP contribution >= 0.6 is 0 Å². The molecule has 2 amide bonds. The Hall–Kier alpha value is -1.23. The number of rotatable bonds is 2. The summed E-state index contributed by atoms with van der Waals surface area (Å²) in [5.74, 6) is 2.91. The van der Waals surface area contributed by atoms with Gasteiger partial charge in [0.05, 0.1) is 6.10 Å². The van der Waals surface area contributed by atoms with Gasteiger partial charge in [-0.3, -0.25) is 5.43 Å². The van der Waals surface area contributed by atoms with E-state index in [0.717, 1.165) is 36.8 Å². The van der Waals surface area contributed by atoms with Crippen molar-refractivity contribution in [3.63, 3.8) is 0 Å². The van der Waals surface area contributed by atoms with Crippen LogP contribution in [0.3, 0.4) is 0 Å². The first-order valence-electron chi connectivity index (χ1n) is 10.0. The van der Waals surface area contributed by atoms with Crippen molar-refractivity contribution in [2.75, 3.05) is 0 Å². The molecule has 0 unspecified atom stereocenters. The largest absolute Gasteiger partial charge is 0.393 e. The lowest BCUT2D eigenvalue weighted by atomic mass is 9.45. The fourth-order valence-corrected chi connectivity index (χ4v) is 7.13. The average molecular weight is 348 g/mol. The van der Waals surface area contributed by atoms with Crippen molar-refractivity contribution < 1.29 is 9.90 Å². The van der Waals surface area contributed by atoms with Crippen molar-refractivity contribution in [2.45, 2.75) is 71.3 Å². The van der Waals surface area contributed by atoms with E-state index in [1.807, 2.05) is 0 Å². The molecule has 0 spiro atoms. The monoisotopic (exact) mass is 347 g/mol. The molecule has 0 heterocycles. The summed E-state index contributed by atoms with van der Waals surface area (Å²) in [4.78, 5) is 11.1. The molecule has 0 aromatic carbocycles. The van der Waals surface area contributed by atoms with E-state index >= 15 is 0 Å². The average Bonchev–Trinajstić information content (AvgIpc) is 2.90. The Labute approximate surface area is 150 Å². The standard InChI is InChI=1S/C20H33N3O2/c1-19-9-7-13(24)11-12(19)3-4-14-15-5-6-17(22-23-18(21)25)20(15,2)10-8-16(14)19/h6,12-16,22,24H,3-5,7-11H2,1-2H3,(H3,21,23,25)/t12-,13-,14-,15-,16+,19-,20+/m1/s1. The van der Waals surface area contributed by atoms with Gasteiger partial charge in [0.1, 0.15) is 0 Å². The molecule has 0 aromatic heterocycles. The fraction of sp³-hybridized carbons (Fsp3) is 0.850. The highest BCUT2D eigenvalue weighted by Crippen LogP contribution is 2.65. The van der Waals surface area contributed by atoms with Crippen molar-refractivity contribution >= 4 is 6.03 Å². The Morgan fingerprint density at radius 1 is 1.20 bits per heavy atom. The fourth-order valence-electron chi connectivity index (χ4n) is 7.13. The molecule has 0 aromatic rings. The third-order valence-corrected chi connectivity index (χ3v) is 8.54. The van der Waals surface area contributed by atoms with Gasteiger partial charge >= 0.3 is 6.03 Å². The maximum atomic E-state index is 11.1. The van der Waals surface area contributed by atoms with E-state index in [2.05, 4.69) is 30.8 Å². The molecule has 7 atom stereocenters. The van der Waals surface area contributed by atoms with Crippen molar-refractivity contribution in [1.29, 1.82) is 0 Å². The number of carbonyl (C=O) groups is 1. The quantitative estimate of drug-likeness (QED) is 0.579. The second-order valence-electron chi connectivity index (χ2n) is 9.51. The number of hydrogen-bond donors (Lipinski definition) is 4. The molecular formula is C20H33N3O2. The molecule has 3 saturated carbocycles. The molecule has 5 heteroatoms. The van der Waals surface area contributed by atoms with Crippen LogP contribution in [0.25, 0.3) is 0 Å². The van der Waals surface area contributed by atoms with Gasteiger partial charge in [0.25, 0.3) is 0 Å². The van der Waals surface area contributed by atoms with Gasteiger partial charge in [-0.05, 0) is 80.5 Å². The van der Waals surface area contributed by atoms with Crippen LogP contribution in [0.2, 0.25) is 0 Å². The molecule has 0 aliphatic heterocycles. The smallest absolute Gasteiger partial charge is 0.330 e. The number of nitrogens with two attached hydrogens (primary N) is 1. The molecule has 0 bridgehead atoms. The van der Waals surface area contributed by atoms with Gasteiger partial charge in [-0.15, -0.1) is 0 Å². The highest BCUT2D eigenvalue weighted by Gasteiger charge is 2.58. The number of allylic oxidation sites excluding steroid dienone is 2. The van der Waals surface area contributed by atoms with Gasteiger partial charge in [-0.1, -0.05) is 19.9 Å². The highest BCUT2D eigenvalue weighted by atomic mass is 16.3. The van der Waals surface area contributed by atoms with Crippen LogP contribution in [0, 0.1) is 34.5 Å². The van der Waals surface area contributed by atoms with Crippen molar-refractivity contribution in [3.8, 4) is 0 Å². The van der Waals surface area contributed by atoms with Gasteiger partial charge in [-0.25, -0.2) is 4.79 Å². The molecule has 140 valence electrons. The molecule has 4 aliphatic carbocycles. The predicted octanol–water partition coefficient (Wildman–Crippen LogP) is 3.06. The number of fused-ring (bicyclic) bond motifs is 5. The molecule has 5 N–H and O–H groups in total. The lowest BCUT2D eigenvalue weighted by molar-refractivity contribution is -0.118. The minimum absolute atomic E-state index is 0.0766. The summed E-state index contributed by atoms with van der Waals surface area (Å²) in [6, 6.07) is -0.532. The number of primary amides is 1. The number of amides is 2. The van der Waals surface area contributed by atoms with Gasteiger partial charge in [0, 0.05) is 11.1 Å². The zero-order chi connectivity index (χ0) is 17.8. The van der Waals surface area contributed by atoms with Gasteiger partial charge in [-0.2, -0.15) is 0 Å². The number of urea groups is 1. The Morgan fingerprint density at radius 3 is 2.76 bits per heavy atom. The molecule has 0 saturated heterocycles. The number of aliphatic hydroxyl groups excluding tert-OH is 1. The lowest BCUT2D eigenvalue weighted by Crippen LogP contribution is -2.54. The van der Waals surface area contributed by atoms with Crippen molar-refractivity contribution in [1.82, 2.24) is 10.9 Å². The molecule has 4 aliphatic rings. The SMILES string of the molecule is C[C@@]12CC[C@@H](O)C[C@H]1CC[C@@H]1[C@H]3CC=C(NNC(N)=O)[C@@]3(C)CC[C@@H]12. The summed E-state index contributed by atoms with van der Waals surface area (Å²) >= 11 is 0. The molecule has 25 heavy (non-hydrogen) atoms. The summed E-state index contributed by atoms with van der Waals surface area (Å²) < 4.78 is 0. The van der Waals surface area contributed by atoms with Crippen LogP contribution in [0.5, 0.6) is 0 Å². The van der Waals surface area contributed by atoms with Crippen LogP contribution < -0.4 is 16.6 Å². The first-order chi connectivity index (χ1) is 11.8. The van der Waals surface area contributed by atoms with E-state index < -0.39 is 6.03 Å². The maximum Gasteiger partial charge on any atom is 0.330 e. The zero-order valence-corrected chi connectivity index (χ0v) is 15.6. The highest BCUT2D eigenvalue weighted by molar-refractivity contribution is 5.71. The van der Waals surface area contributed by atoms with Crippen molar-refractivity contribution in [2.24, 2.45) is 40.2 Å². The van der Waals surface area contributed by atoms with E-state index in [0.29, 0.717) is 17.3 Å². The number of nitrogens with one attached hydrogen (secondary N) is 2. The summed E-state index contributed by atoms with van der Waals surface area (Å²) in [5, 5.41) is 10.1. The third kappa shape index (κ3) is 2.57. The van der Waals surface area contributed by atoms with E-state index in [9.17, 15) is 9.90 Å². The van der Waals surface area contributed by atoms with Gasteiger partial charge < -0.3 is 16.3 Å². The zero-order valence-electron chi connectivity index (χ0n) is 15.6. The van der Waals surface area contributed by atoms with E-state index in [1.165, 1.54) is 32.1 Å². The summed E-state index contributed by atoms with van der Waals surface area (Å²) in [5.41, 5.74) is 12.6. The number of hydrogen-bond acceptors (Lipinski definition) is 3. The topological polar surface area (TPSA) is 87.4 Å². The lowest BCUT2D eigenvalue weighted by Gasteiger charge is -2.60. The Kier molecular flexibility index (Phi) is 4.06. The van der Waals surface area contributed by atoms with Crippen LogP contribution in [-0.4, -0.2) is 17.2 Å². The summed E-state index contributed by atoms with van der Waals surface area (Å²) in [6.45, 7) is 4.88. The normalized spacial score (nSPS) is 48.6. The van der Waals surface area contributed by atoms with E-state index in [-0.39, 0.29) is 11.5 Å². The minimum atomic E-state index is -0.532. The minimum Gasteiger partial charge on any atom is -0.393 e. The molecule has 4 rings (SSSR count). The first kappa shape index (κ1) is 17.2. The van der Waals surface area contributed by atoms with Crippen LogP contribution in [0.15, 0.2) is 11.8 Å². The molecule has 3 fully saturated rings. The Morgan fingerprint density at radius 2 is 2.00 bits per heavy atom. The number of aliphatic hydroxyl groups is 1. The van der Waals surface area contributed by atoms with E-state index in [1.54, 1.807) is 0 Å². The second kappa shape index (κ2) is 5.90. The molecule has 5 nitrogen and oxygen atoms in total. The number of hydrazine groups is 1. The van der Waals surface area contributed by atoms with Crippen molar-refractivity contribution in [3.05, 3.63) is 11.8 Å². The van der Waals surface area contributed by atoms with Gasteiger partial charge in [0.2, 0.25) is 0 Å². The first-order valence-corrected chi connectivity index (χ1v) is 10.0. The molecule has 0 radical (unpaired) electrons. The van der Waals surface area contributed by atoms with Crippen LogP contribution in [0.4, 0.5) is 4.79 Å². The summed E-state index contributed by atoms with van der Waals surface area (Å²) in [7, 11) is 0.